The molecular formula is C20H22ClN3O4S. The summed E-state index contributed by atoms with van der Waals surface area (Å²) in [6, 6.07) is 13.5. The third kappa shape index (κ3) is 5.63. The van der Waals surface area contributed by atoms with Crippen LogP contribution >= 0.6 is 11.6 Å². The first-order valence-corrected chi connectivity index (χ1v) is 10.9. The molecule has 3 rings (SSSR count). The average molecular weight is 436 g/mol. The molecule has 1 amide bonds. The van der Waals surface area contributed by atoms with Crippen molar-refractivity contribution in [3.63, 3.8) is 0 Å². The number of rotatable bonds is 6. The number of nitrogens with one attached hydrogen (secondary N) is 1. The first-order valence-electron chi connectivity index (χ1n) is 9.12. The normalized spacial score (nSPS) is 15.9. The van der Waals surface area contributed by atoms with Gasteiger partial charge in [0.05, 0.1) is 30.2 Å². The molecule has 1 aliphatic heterocycles. The fourth-order valence-corrected chi connectivity index (χ4v) is 4.38. The molecule has 0 aliphatic carbocycles. The Morgan fingerprint density at radius 2 is 1.72 bits per heavy atom. The van der Waals surface area contributed by atoms with Crippen LogP contribution in [0.25, 0.3) is 0 Å². The van der Waals surface area contributed by atoms with E-state index < -0.39 is 10.0 Å². The zero-order valence-corrected chi connectivity index (χ0v) is 17.5. The minimum absolute atomic E-state index is 0.185. The maximum absolute atomic E-state index is 12.7. The second-order valence-corrected chi connectivity index (χ2v) is 8.95. The van der Waals surface area contributed by atoms with Gasteiger partial charge < -0.3 is 4.74 Å². The molecule has 1 fully saturated rings. The molecule has 2 aromatic carbocycles. The summed E-state index contributed by atoms with van der Waals surface area (Å²) in [6.07, 6.45) is 0.185. The Kier molecular flexibility index (Phi) is 7.02. The SMILES string of the molecule is C/C(=N\NC(=O)Cc1ccc(Cl)cc1)c1ccc(S(=O)(=O)N2CCOCC2)cc1. The molecular weight excluding hydrogens is 414 g/mol. The largest absolute Gasteiger partial charge is 0.379 e. The summed E-state index contributed by atoms with van der Waals surface area (Å²) < 4.78 is 31.9. The van der Waals surface area contributed by atoms with Gasteiger partial charge in [0.25, 0.3) is 0 Å². The molecule has 7 nitrogen and oxygen atoms in total. The number of carbonyl (C=O) groups excluding carboxylic acids is 1. The lowest BCUT2D eigenvalue weighted by Crippen LogP contribution is -2.40. The highest BCUT2D eigenvalue weighted by atomic mass is 35.5. The molecule has 9 heteroatoms. The smallest absolute Gasteiger partial charge is 0.244 e. The van der Waals surface area contributed by atoms with E-state index in [9.17, 15) is 13.2 Å². The number of sulfonamides is 1. The van der Waals surface area contributed by atoms with E-state index in [0.29, 0.717) is 37.0 Å². The quantitative estimate of drug-likeness (QED) is 0.557. The third-order valence-electron chi connectivity index (χ3n) is 4.51. The highest BCUT2D eigenvalue weighted by Crippen LogP contribution is 2.18. The zero-order valence-electron chi connectivity index (χ0n) is 16.0. The van der Waals surface area contributed by atoms with Crippen molar-refractivity contribution in [1.82, 2.24) is 9.73 Å². The molecule has 0 aromatic heterocycles. The molecule has 0 bridgehead atoms. The van der Waals surface area contributed by atoms with Crippen LogP contribution in [0.2, 0.25) is 5.02 Å². The van der Waals surface area contributed by atoms with Gasteiger partial charge in [-0.05, 0) is 42.3 Å². The number of morpholine rings is 1. The molecule has 0 saturated carbocycles. The highest BCUT2D eigenvalue weighted by molar-refractivity contribution is 7.89. The van der Waals surface area contributed by atoms with Crippen molar-refractivity contribution in [2.45, 2.75) is 18.2 Å². The molecule has 1 N–H and O–H groups in total. The van der Waals surface area contributed by atoms with Crippen molar-refractivity contribution in [1.29, 1.82) is 0 Å². The number of hydrogen-bond donors (Lipinski definition) is 1. The van der Waals surface area contributed by atoms with Crippen molar-refractivity contribution in [3.8, 4) is 0 Å². The van der Waals surface area contributed by atoms with Gasteiger partial charge in [0.15, 0.2) is 0 Å². The lowest BCUT2D eigenvalue weighted by molar-refractivity contribution is -0.120. The first-order chi connectivity index (χ1) is 13.9. The van der Waals surface area contributed by atoms with E-state index in [0.717, 1.165) is 11.1 Å². The van der Waals surface area contributed by atoms with Crippen LogP contribution in [0.15, 0.2) is 58.5 Å². The summed E-state index contributed by atoms with van der Waals surface area (Å²) in [5, 5.41) is 4.72. The molecule has 0 atom stereocenters. The van der Waals surface area contributed by atoms with Crippen molar-refractivity contribution in [3.05, 3.63) is 64.7 Å². The Labute approximate surface area is 175 Å². The van der Waals surface area contributed by atoms with Crippen LogP contribution in [-0.2, 0) is 26.0 Å². The average Bonchev–Trinajstić information content (AvgIpc) is 2.74. The standard InChI is InChI=1S/C20H22ClN3O4S/c1-15(22-23-20(25)14-16-2-6-18(21)7-3-16)17-4-8-19(9-5-17)29(26,27)24-10-12-28-13-11-24/h2-9H,10-14H2,1H3,(H,23,25)/b22-15+. The predicted molar refractivity (Wildman–Crippen MR) is 112 cm³/mol. The Morgan fingerprint density at radius 3 is 2.34 bits per heavy atom. The van der Waals surface area contributed by atoms with Crippen LogP contribution in [-0.4, -0.2) is 50.6 Å². The van der Waals surface area contributed by atoms with Crippen LogP contribution in [0.4, 0.5) is 0 Å². The van der Waals surface area contributed by atoms with E-state index in [-0.39, 0.29) is 17.2 Å². The molecule has 2 aromatic rings. The second-order valence-electron chi connectivity index (χ2n) is 6.58. The topological polar surface area (TPSA) is 88.1 Å². The maximum atomic E-state index is 12.7. The summed E-state index contributed by atoms with van der Waals surface area (Å²) in [6.45, 7) is 3.25. The van der Waals surface area contributed by atoms with Gasteiger partial charge in [-0.3, -0.25) is 4.79 Å². The van der Waals surface area contributed by atoms with Crippen molar-refractivity contribution in [2.24, 2.45) is 5.10 Å². The van der Waals surface area contributed by atoms with Crippen LogP contribution in [0, 0.1) is 0 Å². The Bertz CT molecular complexity index is 983. The van der Waals surface area contributed by atoms with Gasteiger partial charge in [-0.2, -0.15) is 9.41 Å². The van der Waals surface area contributed by atoms with Gasteiger partial charge in [0.2, 0.25) is 15.9 Å². The van der Waals surface area contributed by atoms with E-state index in [1.807, 2.05) is 0 Å². The van der Waals surface area contributed by atoms with E-state index in [1.54, 1.807) is 55.5 Å². The van der Waals surface area contributed by atoms with E-state index >= 15 is 0 Å². The summed E-state index contributed by atoms with van der Waals surface area (Å²) in [5.74, 6) is -0.252. The molecule has 0 radical (unpaired) electrons. The van der Waals surface area contributed by atoms with E-state index in [1.165, 1.54) is 4.31 Å². The van der Waals surface area contributed by atoms with Gasteiger partial charge in [0, 0.05) is 18.1 Å². The minimum atomic E-state index is -3.53. The number of hydrogen-bond acceptors (Lipinski definition) is 5. The van der Waals surface area contributed by atoms with Gasteiger partial charge in [-0.15, -0.1) is 0 Å². The number of ether oxygens (including phenoxy) is 1. The van der Waals surface area contributed by atoms with Gasteiger partial charge in [0.1, 0.15) is 0 Å². The van der Waals surface area contributed by atoms with Gasteiger partial charge in [-0.25, -0.2) is 13.8 Å². The van der Waals surface area contributed by atoms with Crippen molar-refractivity contribution in [2.75, 3.05) is 26.3 Å². The summed E-state index contributed by atoms with van der Waals surface area (Å²) in [5.41, 5.74) is 4.64. The molecule has 0 unspecified atom stereocenters. The van der Waals surface area contributed by atoms with Gasteiger partial charge in [-0.1, -0.05) is 35.9 Å². The van der Waals surface area contributed by atoms with Crippen LogP contribution in [0.5, 0.6) is 0 Å². The number of hydrazone groups is 1. The summed E-state index contributed by atoms with van der Waals surface area (Å²) in [4.78, 5) is 12.3. The Hall–Kier alpha value is -2.26. The molecule has 0 spiro atoms. The first kappa shape index (κ1) is 21.4. The van der Waals surface area contributed by atoms with E-state index in [4.69, 9.17) is 16.3 Å². The minimum Gasteiger partial charge on any atom is -0.379 e. The van der Waals surface area contributed by atoms with Gasteiger partial charge >= 0.3 is 0 Å². The van der Waals surface area contributed by atoms with Crippen LogP contribution < -0.4 is 5.43 Å². The molecule has 1 aliphatic rings. The number of benzene rings is 2. The molecule has 29 heavy (non-hydrogen) atoms. The molecule has 1 saturated heterocycles. The fourth-order valence-electron chi connectivity index (χ4n) is 2.84. The van der Waals surface area contributed by atoms with Crippen molar-refractivity contribution >= 4 is 33.2 Å². The third-order valence-corrected chi connectivity index (χ3v) is 6.67. The van der Waals surface area contributed by atoms with Crippen molar-refractivity contribution < 1.29 is 17.9 Å². The highest BCUT2D eigenvalue weighted by Gasteiger charge is 2.26. The maximum Gasteiger partial charge on any atom is 0.244 e. The van der Waals surface area contributed by atoms with E-state index in [2.05, 4.69) is 10.5 Å². The molecule has 154 valence electrons. The number of carbonyl (C=O) groups is 1. The number of halogens is 1. The second kappa shape index (κ2) is 9.49. The monoisotopic (exact) mass is 435 g/mol. The Morgan fingerprint density at radius 1 is 1.10 bits per heavy atom. The Balaban J connectivity index is 1.62. The summed E-state index contributed by atoms with van der Waals surface area (Å²) in [7, 11) is -3.53. The zero-order chi connectivity index (χ0) is 20.9. The number of nitrogens with zero attached hydrogens (tertiary/aromatic N) is 2. The molecule has 1 heterocycles. The lowest BCUT2D eigenvalue weighted by atomic mass is 10.1. The summed E-state index contributed by atoms with van der Waals surface area (Å²) >= 11 is 5.83. The van der Waals surface area contributed by atoms with Crippen LogP contribution in [0.1, 0.15) is 18.1 Å². The van der Waals surface area contributed by atoms with Crippen LogP contribution in [0.3, 0.4) is 0 Å². The lowest BCUT2D eigenvalue weighted by Gasteiger charge is -2.26. The number of amides is 1. The fraction of sp³-hybridized carbons (Fsp3) is 0.300. The predicted octanol–water partition coefficient (Wildman–Crippen LogP) is 2.44.